The zero-order valence-electron chi connectivity index (χ0n) is 16.1. The summed E-state index contributed by atoms with van der Waals surface area (Å²) in [7, 11) is 0. The number of nitrogens with one attached hydrogen (secondary N) is 2. The Hall–Kier alpha value is -4.13. The molecule has 30 heavy (non-hydrogen) atoms. The average Bonchev–Trinajstić information content (AvgIpc) is 3.22. The van der Waals surface area contributed by atoms with Gasteiger partial charge in [-0.1, -0.05) is 30.4 Å². The highest BCUT2D eigenvalue weighted by Gasteiger charge is 2.13. The van der Waals surface area contributed by atoms with Gasteiger partial charge in [0.05, 0.1) is 18.1 Å². The van der Waals surface area contributed by atoms with E-state index in [9.17, 15) is 9.18 Å². The molecule has 1 amide bonds. The lowest BCUT2D eigenvalue weighted by Crippen LogP contribution is -2.13. The van der Waals surface area contributed by atoms with Gasteiger partial charge < -0.3 is 5.32 Å². The zero-order chi connectivity index (χ0) is 20.9. The van der Waals surface area contributed by atoms with Gasteiger partial charge in [0, 0.05) is 29.2 Å². The molecule has 7 heteroatoms. The molecule has 0 saturated heterocycles. The Bertz CT molecular complexity index is 1210. The third-order valence-electron chi connectivity index (χ3n) is 4.44. The molecule has 0 atom stereocenters. The van der Waals surface area contributed by atoms with E-state index in [4.69, 9.17) is 0 Å². The van der Waals surface area contributed by atoms with Crippen LogP contribution in [0, 0.1) is 12.7 Å². The van der Waals surface area contributed by atoms with Crippen molar-refractivity contribution in [2.45, 2.75) is 6.92 Å². The van der Waals surface area contributed by atoms with Crippen LogP contribution in [-0.4, -0.2) is 26.1 Å². The van der Waals surface area contributed by atoms with Gasteiger partial charge in [-0.3, -0.25) is 19.9 Å². The number of halogens is 1. The van der Waals surface area contributed by atoms with Crippen molar-refractivity contribution in [2.75, 3.05) is 5.32 Å². The number of amides is 1. The first-order chi connectivity index (χ1) is 14.6. The minimum absolute atomic E-state index is 0.322. The summed E-state index contributed by atoms with van der Waals surface area (Å²) >= 11 is 0. The third-order valence-corrected chi connectivity index (χ3v) is 4.44. The molecule has 4 rings (SSSR count). The molecular weight excluding hydrogens is 381 g/mol. The van der Waals surface area contributed by atoms with E-state index < -0.39 is 0 Å². The lowest BCUT2D eigenvalue weighted by molar-refractivity contribution is 0.102. The van der Waals surface area contributed by atoms with Gasteiger partial charge in [-0.05, 0) is 42.3 Å². The molecule has 4 aromatic rings. The van der Waals surface area contributed by atoms with Crippen LogP contribution in [0.3, 0.4) is 0 Å². The van der Waals surface area contributed by atoms with Gasteiger partial charge in [-0.15, -0.1) is 0 Å². The molecule has 1 aromatic carbocycles. The molecule has 0 spiro atoms. The van der Waals surface area contributed by atoms with Crippen LogP contribution < -0.4 is 5.32 Å². The Kier molecular flexibility index (Phi) is 5.43. The molecule has 148 valence electrons. The second kappa shape index (κ2) is 8.48. The van der Waals surface area contributed by atoms with E-state index in [1.807, 2.05) is 25.1 Å². The first kappa shape index (κ1) is 19.2. The van der Waals surface area contributed by atoms with Crippen LogP contribution in [0.5, 0.6) is 0 Å². The monoisotopic (exact) mass is 399 g/mol. The quantitative estimate of drug-likeness (QED) is 0.508. The van der Waals surface area contributed by atoms with Gasteiger partial charge in [0.2, 0.25) is 0 Å². The fourth-order valence-electron chi connectivity index (χ4n) is 2.90. The molecule has 3 aromatic heterocycles. The summed E-state index contributed by atoms with van der Waals surface area (Å²) in [6, 6.07) is 11.8. The molecular formula is C23H18FN5O. The number of aryl methyl sites for hydroxylation is 1. The number of carbonyl (C=O) groups is 1. The molecule has 0 unspecified atom stereocenters. The van der Waals surface area contributed by atoms with E-state index in [0.29, 0.717) is 28.1 Å². The van der Waals surface area contributed by atoms with Gasteiger partial charge in [0.1, 0.15) is 11.5 Å². The maximum atomic E-state index is 13.5. The fraction of sp³-hybridized carbons (Fsp3) is 0.0435. The molecule has 0 radical (unpaired) electrons. The Morgan fingerprint density at radius 3 is 2.73 bits per heavy atom. The predicted molar refractivity (Wildman–Crippen MR) is 114 cm³/mol. The van der Waals surface area contributed by atoms with Gasteiger partial charge >= 0.3 is 0 Å². The number of rotatable bonds is 5. The fourth-order valence-corrected chi connectivity index (χ4v) is 2.90. The summed E-state index contributed by atoms with van der Waals surface area (Å²) in [5, 5.41) is 9.50. The van der Waals surface area contributed by atoms with Crippen molar-refractivity contribution >= 4 is 23.7 Å². The number of aromatic nitrogens is 4. The number of anilines is 1. The molecule has 0 bridgehead atoms. The predicted octanol–water partition coefficient (Wildman–Crippen LogP) is 4.74. The summed E-state index contributed by atoms with van der Waals surface area (Å²) < 4.78 is 13.5. The van der Waals surface area contributed by atoms with E-state index in [-0.39, 0.29) is 11.7 Å². The largest absolute Gasteiger partial charge is 0.319 e. The van der Waals surface area contributed by atoms with Crippen LogP contribution in [0.25, 0.3) is 23.3 Å². The topological polar surface area (TPSA) is 83.6 Å². The molecule has 6 nitrogen and oxygen atoms in total. The third kappa shape index (κ3) is 4.47. The van der Waals surface area contributed by atoms with Crippen molar-refractivity contribution in [3.63, 3.8) is 0 Å². The normalized spacial score (nSPS) is 11.0. The van der Waals surface area contributed by atoms with Crippen LogP contribution >= 0.6 is 0 Å². The number of aromatic amines is 1. The second-order valence-corrected chi connectivity index (χ2v) is 6.69. The molecule has 0 aliphatic carbocycles. The Labute approximate surface area is 172 Å². The number of nitrogens with zero attached hydrogens (tertiary/aromatic N) is 3. The molecule has 0 aliphatic heterocycles. The summed E-state index contributed by atoms with van der Waals surface area (Å²) in [5.74, 6) is -0.688. The smallest absolute Gasteiger partial charge is 0.274 e. The van der Waals surface area contributed by atoms with E-state index >= 15 is 0 Å². The molecule has 0 aliphatic rings. The number of benzene rings is 1. The van der Waals surface area contributed by atoms with Gasteiger partial charge in [0.15, 0.2) is 0 Å². The van der Waals surface area contributed by atoms with Crippen molar-refractivity contribution < 1.29 is 9.18 Å². The Balaban J connectivity index is 1.52. The number of hydrogen-bond acceptors (Lipinski definition) is 4. The van der Waals surface area contributed by atoms with Crippen molar-refractivity contribution in [1.82, 2.24) is 20.2 Å². The number of H-pyrrole nitrogens is 1. The maximum Gasteiger partial charge on any atom is 0.274 e. The minimum Gasteiger partial charge on any atom is -0.319 e. The Morgan fingerprint density at radius 1 is 1.03 bits per heavy atom. The van der Waals surface area contributed by atoms with Crippen molar-refractivity contribution in [3.8, 4) is 11.1 Å². The van der Waals surface area contributed by atoms with Crippen molar-refractivity contribution in [3.05, 3.63) is 95.6 Å². The SMILES string of the molecule is Cc1ccc(C=Cc2cn[nH]c2C(=O)Nc2cncc(-c3cccc(F)c3)c2)cn1. The van der Waals surface area contributed by atoms with Crippen LogP contribution in [0.2, 0.25) is 0 Å². The highest BCUT2D eigenvalue weighted by Crippen LogP contribution is 2.22. The number of pyridine rings is 2. The summed E-state index contributed by atoms with van der Waals surface area (Å²) in [5.41, 5.74) is 4.68. The van der Waals surface area contributed by atoms with Crippen LogP contribution in [0.15, 0.2) is 67.3 Å². The van der Waals surface area contributed by atoms with Gasteiger partial charge in [0.25, 0.3) is 5.91 Å². The first-order valence-corrected chi connectivity index (χ1v) is 9.25. The highest BCUT2D eigenvalue weighted by molar-refractivity contribution is 6.05. The number of carbonyl (C=O) groups excluding carboxylic acids is 1. The minimum atomic E-state index is -0.354. The summed E-state index contributed by atoms with van der Waals surface area (Å²) in [6.07, 6.45) is 10.1. The van der Waals surface area contributed by atoms with E-state index in [0.717, 1.165) is 11.3 Å². The lowest BCUT2D eigenvalue weighted by atomic mass is 10.1. The van der Waals surface area contributed by atoms with E-state index in [1.54, 1.807) is 42.9 Å². The summed E-state index contributed by atoms with van der Waals surface area (Å²) in [4.78, 5) is 21.1. The zero-order valence-corrected chi connectivity index (χ0v) is 16.1. The molecule has 2 N–H and O–H groups in total. The molecule has 3 heterocycles. The highest BCUT2D eigenvalue weighted by atomic mass is 19.1. The molecule has 0 saturated carbocycles. The van der Waals surface area contributed by atoms with Crippen molar-refractivity contribution in [1.29, 1.82) is 0 Å². The van der Waals surface area contributed by atoms with E-state index in [2.05, 4.69) is 25.5 Å². The van der Waals surface area contributed by atoms with Crippen molar-refractivity contribution in [2.24, 2.45) is 0 Å². The van der Waals surface area contributed by atoms with Gasteiger partial charge in [-0.2, -0.15) is 5.10 Å². The van der Waals surface area contributed by atoms with E-state index in [1.165, 1.54) is 18.3 Å². The van der Waals surface area contributed by atoms with Gasteiger partial charge in [-0.25, -0.2) is 4.39 Å². The molecule has 0 fully saturated rings. The summed E-state index contributed by atoms with van der Waals surface area (Å²) in [6.45, 7) is 1.92. The van der Waals surface area contributed by atoms with Crippen LogP contribution in [0.1, 0.15) is 27.3 Å². The lowest BCUT2D eigenvalue weighted by Gasteiger charge is -2.07. The second-order valence-electron chi connectivity index (χ2n) is 6.69. The first-order valence-electron chi connectivity index (χ1n) is 9.25. The average molecular weight is 399 g/mol. The Morgan fingerprint density at radius 2 is 1.93 bits per heavy atom. The maximum absolute atomic E-state index is 13.5. The standard InChI is InChI=1S/C23H18FN5O/c1-15-5-6-16(11-26-15)7-8-18-13-27-29-22(18)23(30)28-21-10-19(12-25-14-21)17-3-2-4-20(24)9-17/h2-14H,1H3,(H,27,29)(H,28,30). The van der Waals surface area contributed by atoms with Crippen LogP contribution in [-0.2, 0) is 0 Å². The van der Waals surface area contributed by atoms with Crippen LogP contribution in [0.4, 0.5) is 10.1 Å². The number of hydrogen-bond donors (Lipinski definition) is 2.